The Balaban J connectivity index is 2.12. The van der Waals surface area contributed by atoms with Crippen LogP contribution >= 0.6 is 0 Å². The van der Waals surface area contributed by atoms with Gasteiger partial charge in [0.25, 0.3) is 0 Å². The molecule has 1 aliphatic rings. The highest BCUT2D eigenvalue weighted by Crippen LogP contribution is 2.25. The zero-order chi connectivity index (χ0) is 9.97. The summed E-state index contributed by atoms with van der Waals surface area (Å²) in [5, 5.41) is 0. The van der Waals surface area contributed by atoms with Crippen LogP contribution in [-0.4, -0.2) is 19.1 Å². The van der Waals surface area contributed by atoms with Crippen LogP contribution in [0.4, 0.5) is 5.69 Å². The van der Waals surface area contributed by atoms with Gasteiger partial charge in [0, 0.05) is 24.8 Å². The molecule has 2 unspecified atom stereocenters. The molecule has 1 aromatic carbocycles. The van der Waals surface area contributed by atoms with Crippen LogP contribution in [-0.2, 0) is 0 Å². The second-order valence-corrected chi connectivity index (χ2v) is 4.11. The number of nitrogens with zero attached hydrogens (tertiary/aromatic N) is 1. The van der Waals surface area contributed by atoms with Crippen molar-refractivity contribution < 1.29 is 0 Å². The average Bonchev–Trinajstić information content (AvgIpc) is 2.65. The molecule has 0 spiro atoms. The van der Waals surface area contributed by atoms with Crippen molar-refractivity contribution in [2.75, 3.05) is 11.9 Å². The van der Waals surface area contributed by atoms with Gasteiger partial charge in [0.1, 0.15) is 0 Å². The molecule has 2 nitrogen and oxygen atoms in total. The fourth-order valence-electron chi connectivity index (χ4n) is 2.30. The van der Waals surface area contributed by atoms with E-state index in [0.717, 1.165) is 0 Å². The van der Waals surface area contributed by atoms with E-state index >= 15 is 0 Å². The van der Waals surface area contributed by atoms with E-state index < -0.39 is 0 Å². The maximum Gasteiger partial charge on any atom is 0.0437 e. The number of likely N-dealkylation sites (N-methyl/N-ethyl adjacent to an activating group) is 1. The lowest BCUT2D eigenvalue weighted by atomic mass is 10.1. The van der Waals surface area contributed by atoms with Gasteiger partial charge in [0.2, 0.25) is 0 Å². The molecule has 0 heterocycles. The van der Waals surface area contributed by atoms with Crippen molar-refractivity contribution >= 4 is 5.69 Å². The predicted octanol–water partition coefficient (Wildman–Crippen LogP) is 2.00. The Labute approximate surface area is 85.7 Å². The van der Waals surface area contributed by atoms with Crippen molar-refractivity contribution in [3.05, 3.63) is 30.3 Å². The molecular weight excluding hydrogens is 172 g/mol. The van der Waals surface area contributed by atoms with Gasteiger partial charge in [0.15, 0.2) is 0 Å². The standard InChI is InChI=1S/C12H18N2/c1-14(10-6-3-2-4-7-10)12-9-5-8-11(12)13/h2-4,6-7,11-12H,5,8-9,13H2,1H3. The molecule has 0 bridgehead atoms. The van der Waals surface area contributed by atoms with Gasteiger partial charge in [-0.2, -0.15) is 0 Å². The van der Waals surface area contributed by atoms with Crippen molar-refractivity contribution in [3.63, 3.8) is 0 Å². The van der Waals surface area contributed by atoms with E-state index in [1.165, 1.54) is 24.9 Å². The molecule has 0 aromatic heterocycles. The lowest BCUT2D eigenvalue weighted by Gasteiger charge is -2.29. The molecule has 2 heteroatoms. The van der Waals surface area contributed by atoms with E-state index in [1.54, 1.807) is 0 Å². The highest BCUT2D eigenvalue weighted by molar-refractivity contribution is 5.46. The van der Waals surface area contributed by atoms with E-state index in [-0.39, 0.29) is 0 Å². The van der Waals surface area contributed by atoms with Crippen molar-refractivity contribution in [3.8, 4) is 0 Å². The van der Waals surface area contributed by atoms with Crippen LogP contribution in [0.1, 0.15) is 19.3 Å². The summed E-state index contributed by atoms with van der Waals surface area (Å²) in [7, 11) is 2.14. The molecule has 0 radical (unpaired) electrons. The zero-order valence-corrected chi connectivity index (χ0v) is 8.69. The summed E-state index contributed by atoms with van der Waals surface area (Å²) in [6.45, 7) is 0. The maximum atomic E-state index is 6.08. The molecular formula is C12H18N2. The summed E-state index contributed by atoms with van der Waals surface area (Å²) in [5.41, 5.74) is 7.35. The van der Waals surface area contributed by atoms with Crippen LogP contribution in [0.3, 0.4) is 0 Å². The van der Waals surface area contributed by atoms with Crippen molar-refractivity contribution in [1.29, 1.82) is 0 Å². The molecule has 2 atom stereocenters. The van der Waals surface area contributed by atoms with E-state index in [1.807, 2.05) is 6.07 Å². The van der Waals surface area contributed by atoms with Gasteiger partial charge < -0.3 is 10.6 Å². The fourth-order valence-corrected chi connectivity index (χ4v) is 2.30. The van der Waals surface area contributed by atoms with Crippen molar-refractivity contribution in [2.45, 2.75) is 31.3 Å². The molecule has 0 aliphatic heterocycles. The Kier molecular flexibility index (Phi) is 2.73. The Morgan fingerprint density at radius 2 is 1.93 bits per heavy atom. The zero-order valence-electron chi connectivity index (χ0n) is 8.69. The second kappa shape index (κ2) is 4.01. The number of para-hydroxylation sites is 1. The minimum absolute atomic E-state index is 0.347. The van der Waals surface area contributed by atoms with E-state index in [4.69, 9.17) is 5.73 Å². The largest absolute Gasteiger partial charge is 0.370 e. The quantitative estimate of drug-likeness (QED) is 0.773. The lowest BCUT2D eigenvalue weighted by Crippen LogP contribution is -2.42. The molecule has 76 valence electrons. The molecule has 0 saturated heterocycles. The Morgan fingerprint density at radius 3 is 2.50 bits per heavy atom. The first-order valence-electron chi connectivity index (χ1n) is 5.32. The summed E-state index contributed by atoms with van der Waals surface area (Å²) >= 11 is 0. The number of benzene rings is 1. The molecule has 1 saturated carbocycles. The van der Waals surface area contributed by atoms with E-state index in [2.05, 4.69) is 36.2 Å². The molecule has 2 rings (SSSR count). The van der Waals surface area contributed by atoms with Gasteiger partial charge in [0.05, 0.1) is 0 Å². The smallest absolute Gasteiger partial charge is 0.0437 e. The monoisotopic (exact) mass is 190 g/mol. The third-order valence-corrected chi connectivity index (χ3v) is 3.19. The highest BCUT2D eigenvalue weighted by atomic mass is 15.2. The minimum atomic E-state index is 0.347. The Bertz CT molecular complexity index is 284. The van der Waals surface area contributed by atoms with Crippen LogP contribution < -0.4 is 10.6 Å². The van der Waals surface area contributed by atoms with Gasteiger partial charge in [-0.1, -0.05) is 18.2 Å². The van der Waals surface area contributed by atoms with Crippen LogP contribution in [0.15, 0.2) is 30.3 Å². The number of rotatable bonds is 2. The van der Waals surface area contributed by atoms with Crippen LogP contribution in [0, 0.1) is 0 Å². The number of anilines is 1. The van der Waals surface area contributed by atoms with Crippen LogP contribution in [0.25, 0.3) is 0 Å². The maximum absolute atomic E-state index is 6.08. The van der Waals surface area contributed by atoms with Gasteiger partial charge in [-0.15, -0.1) is 0 Å². The first-order chi connectivity index (χ1) is 6.79. The first kappa shape index (κ1) is 9.53. The van der Waals surface area contributed by atoms with Crippen molar-refractivity contribution in [1.82, 2.24) is 0 Å². The lowest BCUT2D eigenvalue weighted by molar-refractivity contribution is 0.573. The van der Waals surface area contributed by atoms with Crippen molar-refractivity contribution in [2.24, 2.45) is 5.73 Å². The normalized spacial score (nSPS) is 26.4. The number of hydrogen-bond donors (Lipinski definition) is 1. The summed E-state index contributed by atoms with van der Waals surface area (Å²) in [6.07, 6.45) is 3.66. The number of hydrogen-bond acceptors (Lipinski definition) is 2. The Morgan fingerprint density at radius 1 is 1.21 bits per heavy atom. The predicted molar refractivity (Wildman–Crippen MR) is 60.5 cm³/mol. The van der Waals surface area contributed by atoms with E-state index in [0.29, 0.717) is 12.1 Å². The third kappa shape index (κ3) is 1.75. The van der Waals surface area contributed by atoms with Gasteiger partial charge in [-0.3, -0.25) is 0 Å². The topological polar surface area (TPSA) is 29.3 Å². The summed E-state index contributed by atoms with van der Waals surface area (Å²) in [6, 6.07) is 11.4. The van der Waals surface area contributed by atoms with Gasteiger partial charge >= 0.3 is 0 Å². The van der Waals surface area contributed by atoms with Crippen LogP contribution in [0.2, 0.25) is 0 Å². The highest BCUT2D eigenvalue weighted by Gasteiger charge is 2.27. The summed E-state index contributed by atoms with van der Waals surface area (Å²) in [4.78, 5) is 2.32. The Hall–Kier alpha value is -1.02. The van der Waals surface area contributed by atoms with Gasteiger partial charge in [-0.25, -0.2) is 0 Å². The average molecular weight is 190 g/mol. The van der Waals surface area contributed by atoms with Crippen LogP contribution in [0.5, 0.6) is 0 Å². The molecule has 2 N–H and O–H groups in total. The summed E-state index contributed by atoms with van der Waals surface area (Å²) < 4.78 is 0. The SMILES string of the molecule is CN(c1ccccc1)C1CCCC1N. The number of nitrogens with two attached hydrogens (primary N) is 1. The molecule has 14 heavy (non-hydrogen) atoms. The molecule has 1 aliphatic carbocycles. The minimum Gasteiger partial charge on any atom is -0.370 e. The fraction of sp³-hybridized carbons (Fsp3) is 0.500. The third-order valence-electron chi connectivity index (χ3n) is 3.19. The second-order valence-electron chi connectivity index (χ2n) is 4.11. The first-order valence-corrected chi connectivity index (χ1v) is 5.32. The molecule has 0 amide bonds. The molecule has 1 aromatic rings. The van der Waals surface area contributed by atoms with Gasteiger partial charge in [-0.05, 0) is 31.4 Å². The summed E-state index contributed by atoms with van der Waals surface area (Å²) in [5.74, 6) is 0. The van der Waals surface area contributed by atoms with E-state index in [9.17, 15) is 0 Å². The molecule has 1 fully saturated rings.